The summed E-state index contributed by atoms with van der Waals surface area (Å²) in [4.78, 5) is 13.7. The van der Waals surface area contributed by atoms with Crippen LogP contribution in [0.5, 0.6) is 0 Å². The Morgan fingerprint density at radius 3 is 2.89 bits per heavy atom. The van der Waals surface area contributed by atoms with E-state index in [9.17, 15) is 4.79 Å². The zero-order chi connectivity index (χ0) is 14.1. The van der Waals surface area contributed by atoms with Gasteiger partial charge >= 0.3 is 6.09 Å². The summed E-state index contributed by atoms with van der Waals surface area (Å²) in [5.74, 6) is 0.790. The molecule has 0 aliphatic carbocycles. The minimum atomic E-state index is -0.465. The van der Waals surface area contributed by atoms with Crippen LogP contribution < -0.4 is 5.32 Å². The zero-order valence-corrected chi connectivity index (χ0v) is 12.5. The first-order valence-corrected chi connectivity index (χ1v) is 7.61. The van der Waals surface area contributed by atoms with Crippen molar-refractivity contribution in [1.82, 2.24) is 10.2 Å². The summed E-state index contributed by atoms with van der Waals surface area (Å²) in [6, 6.07) is 2.14. The number of hydrogen-bond donors (Lipinski definition) is 1. The highest BCUT2D eigenvalue weighted by molar-refractivity contribution is 8.01. The number of carbonyl (C=O) groups is 1. The summed E-state index contributed by atoms with van der Waals surface area (Å²) in [7, 11) is 0. The second-order valence-corrected chi connectivity index (χ2v) is 7.54. The number of rotatable bonds is 0. The van der Waals surface area contributed by atoms with Crippen LogP contribution >= 0.6 is 11.8 Å². The number of hydrogen-bond acceptors (Lipinski definition) is 5. The molecule has 2 heterocycles. The molecule has 106 valence electrons. The van der Waals surface area contributed by atoms with Crippen LogP contribution in [0.4, 0.5) is 4.79 Å². The third kappa shape index (κ3) is 3.54. The van der Waals surface area contributed by atoms with Crippen LogP contribution in [0.1, 0.15) is 33.6 Å². The topological polar surface area (TPSA) is 65.4 Å². The van der Waals surface area contributed by atoms with E-state index < -0.39 is 5.60 Å². The molecule has 0 bridgehead atoms. The standard InChI is InChI=1S/C13H21N3O2S/c1-12(2,3)18-11(17)16-6-4-5-13(9-16)15-10(7-14)8-19-13/h10,15H,4-6,8-9H2,1-3H3/t10-,13?/m1/s1. The van der Waals surface area contributed by atoms with E-state index >= 15 is 0 Å². The highest BCUT2D eigenvalue weighted by Gasteiger charge is 2.44. The van der Waals surface area contributed by atoms with E-state index in [0.717, 1.165) is 25.1 Å². The van der Waals surface area contributed by atoms with Gasteiger partial charge < -0.3 is 9.64 Å². The summed E-state index contributed by atoms with van der Waals surface area (Å²) >= 11 is 1.75. The van der Waals surface area contributed by atoms with Gasteiger partial charge in [-0.1, -0.05) is 0 Å². The monoisotopic (exact) mass is 283 g/mol. The highest BCUT2D eigenvalue weighted by Crippen LogP contribution is 2.38. The molecule has 2 fully saturated rings. The molecule has 0 saturated carbocycles. The molecule has 1 unspecified atom stereocenters. The Labute approximate surface area is 118 Å². The second-order valence-electron chi connectivity index (χ2n) is 6.14. The average Bonchev–Trinajstić information content (AvgIpc) is 2.70. The summed E-state index contributed by atoms with van der Waals surface area (Å²) in [6.07, 6.45) is 1.68. The first-order valence-electron chi connectivity index (χ1n) is 6.63. The fraction of sp³-hybridized carbons (Fsp3) is 0.846. The van der Waals surface area contributed by atoms with Crippen molar-refractivity contribution in [2.45, 2.75) is 50.1 Å². The fourth-order valence-electron chi connectivity index (χ4n) is 2.45. The third-order valence-corrected chi connectivity index (χ3v) is 4.73. The Hall–Kier alpha value is -0.930. The van der Waals surface area contributed by atoms with Crippen molar-refractivity contribution in [2.75, 3.05) is 18.8 Å². The van der Waals surface area contributed by atoms with E-state index in [1.165, 1.54) is 0 Å². The number of likely N-dealkylation sites (tertiary alicyclic amines) is 1. The first kappa shape index (κ1) is 14.5. The highest BCUT2D eigenvalue weighted by atomic mass is 32.2. The number of nitriles is 1. The number of nitrogens with one attached hydrogen (secondary N) is 1. The minimum Gasteiger partial charge on any atom is -0.444 e. The van der Waals surface area contributed by atoms with Gasteiger partial charge in [0, 0.05) is 12.3 Å². The first-order chi connectivity index (χ1) is 8.84. The third-order valence-electron chi connectivity index (χ3n) is 3.23. The molecular weight excluding hydrogens is 262 g/mol. The van der Waals surface area contributed by atoms with Gasteiger partial charge in [0.1, 0.15) is 11.6 Å². The summed E-state index contributed by atoms with van der Waals surface area (Å²) in [5.41, 5.74) is -0.465. The van der Waals surface area contributed by atoms with Crippen molar-refractivity contribution < 1.29 is 9.53 Å². The molecular formula is C13H21N3O2S. The molecule has 2 saturated heterocycles. The molecule has 0 aromatic heterocycles. The molecule has 2 rings (SSSR count). The van der Waals surface area contributed by atoms with Gasteiger partial charge in [0.15, 0.2) is 0 Å². The summed E-state index contributed by atoms with van der Waals surface area (Å²) in [6.45, 7) is 6.97. The number of ether oxygens (including phenoxy) is 1. The Bertz CT molecular complexity index is 402. The van der Waals surface area contributed by atoms with Gasteiger partial charge in [0.25, 0.3) is 0 Å². The predicted octanol–water partition coefficient (Wildman–Crippen LogP) is 1.94. The molecule has 5 nitrogen and oxygen atoms in total. The number of amides is 1. The van der Waals surface area contributed by atoms with Gasteiger partial charge in [-0.05, 0) is 33.6 Å². The van der Waals surface area contributed by atoms with E-state index in [4.69, 9.17) is 10.00 Å². The maximum Gasteiger partial charge on any atom is 0.410 e. The largest absolute Gasteiger partial charge is 0.444 e. The zero-order valence-electron chi connectivity index (χ0n) is 11.7. The van der Waals surface area contributed by atoms with Gasteiger partial charge in [-0.3, -0.25) is 5.32 Å². The molecule has 0 radical (unpaired) electrons. The lowest BCUT2D eigenvalue weighted by Gasteiger charge is -2.40. The Morgan fingerprint density at radius 1 is 1.58 bits per heavy atom. The van der Waals surface area contributed by atoms with E-state index in [1.807, 2.05) is 20.8 Å². The molecule has 1 spiro atoms. The van der Waals surface area contributed by atoms with Crippen LogP contribution in [0.15, 0.2) is 0 Å². The summed E-state index contributed by atoms with van der Waals surface area (Å²) < 4.78 is 5.42. The minimum absolute atomic E-state index is 0.108. The fourth-order valence-corrected chi connectivity index (χ4v) is 3.86. The normalized spacial score (nSPS) is 31.3. The second kappa shape index (κ2) is 5.22. The Kier molecular flexibility index (Phi) is 3.98. The lowest BCUT2D eigenvalue weighted by Crippen LogP contribution is -2.55. The molecule has 1 N–H and O–H groups in total. The van der Waals surface area contributed by atoms with Crippen LogP contribution in [0.3, 0.4) is 0 Å². The Balaban J connectivity index is 1.98. The van der Waals surface area contributed by atoms with Crippen LogP contribution in [-0.2, 0) is 4.74 Å². The van der Waals surface area contributed by atoms with E-state index in [1.54, 1.807) is 16.7 Å². The maximum absolute atomic E-state index is 12.1. The number of nitrogens with zero attached hydrogens (tertiary/aromatic N) is 2. The van der Waals surface area contributed by atoms with Gasteiger partial charge in [-0.15, -0.1) is 11.8 Å². The Morgan fingerprint density at radius 2 is 2.32 bits per heavy atom. The molecule has 6 heteroatoms. The molecule has 2 aliphatic heterocycles. The van der Waals surface area contributed by atoms with Gasteiger partial charge in [0.2, 0.25) is 0 Å². The lowest BCUT2D eigenvalue weighted by molar-refractivity contribution is 0.0173. The quantitative estimate of drug-likeness (QED) is 0.736. The van der Waals surface area contributed by atoms with Crippen LogP contribution in [-0.4, -0.2) is 46.3 Å². The van der Waals surface area contributed by atoms with Crippen molar-refractivity contribution in [3.05, 3.63) is 0 Å². The van der Waals surface area contributed by atoms with Gasteiger partial charge in [-0.2, -0.15) is 5.26 Å². The molecule has 2 aliphatic rings. The van der Waals surface area contributed by atoms with Crippen molar-refractivity contribution >= 4 is 17.9 Å². The van der Waals surface area contributed by atoms with E-state index in [-0.39, 0.29) is 17.0 Å². The van der Waals surface area contributed by atoms with Crippen molar-refractivity contribution in [2.24, 2.45) is 0 Å². The van der Waals surface area contributed by atoms with Crippen LogP contribution in [0.2, 0.25) is 0 Å². The van der Waals surface area contributed by atoms with E-state index in [2.05, 4.69) is 11.4 Å². The molecule has 0 aromatic carbocycles. The van der Waals surface area contributed by atoms with Gasteiger partial charge in [0.05, 0.1) is 17.5 Å². The van der Waals surface area contributed by atoms with E-state index in [0.29, 0.717) is 6.54 Å². The van der Waals surface area contributed by atoms with Gasteiger partial charge in [-0.25, -0.2) is 4.79 Å². The maximum atomic E-state index is 12.1. The van der Waals surface area contributed by atoms with Crippen LogP contribution in [0, 0.1) is 11.3 Å². The number of piperidine rings is 1. The van der Waals surface area contributed by atoms with Crippen molar-refractivity contribution in [1.29, 1.82) is 5.26 Å². The number of thioether (sulfide) groups is 1. The van der Waals surface area contributed by atoms with Crippen molar-refractivity contribution in [3.63, 3.8) is 0 Å². The number of carbonyl (C=O) groups excluding carboxylic acids is 1. The smallest absolute Gasteiger partial charge is 0.410 e. The molecule has 0 aromatic rings. The average molecular weight is 283 g/mol. The summed E-state index contributed by atoms with van der Waals surface area (Å²) in [5, 5.41) is 12.3. The molecule has 1 amide bonds. The molecule has 19 heavy (non-hydrogen) atoms. The van der Waals surface area contributed by atoms with Crippen LogP contribution in [0.25, 0.3) is 0 Å². The predicted molar refractivity (Wildman–Crippen MR) is 74.8 cm³/mol. The van der Waals surface area contributed by atoms with Crippen molar-refractivity contribution in [3.8, 4) is 6.07 Å². The molecule has 2 atom stereocenters. The SMILES string of the molecule is CC(C)(C)OC(=O)N1CCCC2(C1)N[C@H](C#N)CS2. The lowest BCUT2D eigenvalue weighted by atomic mass is 10.0.